The molecule has 2 aliphatic heterocycles. The number of carbonyl (C=O) groups is 2. The largest absolute Gasteiger partial charge is 0.479 e. The van der Waals surface area contributed by atoms with Crippen molar-refractivity contribution in [2.75, 3.05) is 48.5 Å². The van der Waals surface area contributed by atoms with Crippen LogP contribution in [0, 0.1) is 6.92 Å². The highest BCUT2D eigenvalue weighted by atomic mass is 16.5. The molecule has 2 aromatic rings. The number of aryl methyl sites for hydroxylation is 1. The Kier molecular flexibility index (Phi) is 5.15. The molecule has 2 aliphatic rings. The normalized spacial score (nSPS) is 18.9. The van der Waals surface area contributed by atoms with Crippen LogP contribution in [-0.2, 0) is 9.53 Å². The molecule has 0 aromatic heterocycles. The molecule has 29 heavy (non-hydrogen) atoms. The van der Waals surface area contributed by atoms with Crippen LogP contribution < -0.4 is 19.9 Å². The zero-order valence-electron chi connectivity index (χ0n) is 16.9. The van der Waals surface area contributed by atoms with E-state index in [0.29, 0.717) is 22.7 Å². The molecule has 0 spiro atoms. The van der Waals surface area contributed by atoms with Gasteiger partial charge in [-0.25, -0.2) is 0 Å². The first-order chi connectivity index (χ1) is 13.9. The summed E-state index contributed by atoms with van der Waals surface area (Å²) in [6.45, 7) is 6.89. The summed E-state index contributed by atoms with van der Waals surface area (Å²) in [5.74, 6) is 0.319. The lowest BCUT2D eigenvalue weighted by molar-refractivity contribution is -0.125. The number of amides is 2. The predicted octanol–water partition coefficient (Wildman–Crippen LogP) is 2.83. The van der Waals surface area contributed by atoms with Crippen LogP contribution in [0.4, 0.5) is 17.1 Å². The van der Waals surface area contributed by atoms with E-state index in [2.05, 4.69) is 10.2 Å². The number of fused-ring (bicyclic) bond motifs is 1. The fourth-order valence-corrected chi connectivity index (χ4v) is 3.75. The first kappa shape index (κ1) is 19.3. The highest BCUT2D eigenvalue weighted by Crippen LogP contribution is 2.35. The monoisotopic (exact) mass is 395 g/mol. The van der Waals surface area contributed by atoms with E-state index in [1.165, 1.54) is 0 Å². The second-order valence-corrected chi connectivity index (χ2v) is 7.39. The molecule has 2 amide bonds. The Balaban J connectivity index is 1.51. The molecule has 0 radical (unpaired) electrons. The number of ether oxygens (including phenoxy) is 2. The molecule has 0 bridgehead atoms. The van der Waals surface area contributed by atoms with Gasteiger partial charge < -0.3 is 24.6 Å². The van der Waals surface area contributed by atoms with E-state index in [0.717, 1.165) is 37.6 Å². The van der Waals surface area contributed by atoms with E-state index in [1.807, 2.05) is 25.1 Å². The first-order valence-corrected chi connectivity index (χ1v) is 9.77. The van der Waals surface area contributed by atoms with Gasteiger partial charge >= 0.3 is 0 Å². The maximum absolute atomic E-state index is 12.8. The molecular weight excluding hydrogens is 370 g/mol. The Labute approximate surface area is 170 Å². The van der Waals surface area contributed by atoms with Crippen molar-refractivity contribution in [3.05, 3.63) is 47.5 Å². The van der Waals surface area contributed by atoms with Crippen molar-refractivity contribution < 1.29 is 19.1 Å². The van der Waals surface area contributed by atoms with Crippen LogP contribution in [0.5, 0.6) is 5.75 Å². The summed E-state index contributed by atoms with van der Waals surface area (Å²) in [7, 11) is 1.71. The van der Waals surface area contributed by atoms with E-state index in [9.17, 15) is 9.59 Å². The van der Waals surface area contributed by atoms with Gasteiger partial charge in [-0.05, 0) is 55.8 Å². The van der Waals surface area contributed by atoms with Gasteiger partial charge in [-0.2, -0.15) is 0 Å². The fraction of sp³-hybridized carbons (Fsp3) is 0.364. The quantitative estimate of drug-likeness (QED) is 0.865. The standard InChI is InChI=1S/C22H25N3O4/c1-14-12-16(4-6-18(14)25-8-10-28-11-9-25)21(26)23-17-5-7-20-19(13-17)24(3)22(27)15(2)29-20/h4-7,12-13,15H,8-11H2,1-3H3,(H,23,26)/t15-/m0/s1. The smallest absolute Gasteiger partial charge is 0.267 e. The molecule has 1 N–H and O–H groups in total. The molecule has 2 heterocycles. The Hall–Kier alpha value is -3.06. The van der Waals surface area contributed by atoms with E-state index in [-0.39, 0.29) is 11.8 Å². The van der Waals surface area contributed by atoms with Crippen molar-refractivity contribution in [2.45, 2.75) is 20.0 Å². The van der Waals surface area contributed by atoms with Crippen molar-refractivity contribution in [3.8, 4) is 5.75 Å². The van der Waals surface area contributed by atoms with Crippen molar-refractivity contribution >= 4 is 28.9 Å². The van der Waals surface area contributed by atoms with Crippen LogP contribution >= 0.6 is 0 Å². The summed E-state index contributed by atoms with van der Waals surface area (Å²) in [5.41, 5.74) is 4.03. The van der Waals surface area contributed by atoms with Gasteiger partial charge in [-0.1, -0.05) is 0 Å². The number of nitrogens with one attached hydrogen (secondary N) is 1. The minimum atomic E-state index is -0.513. The number of nitrogens with zero attached hydrogens (tertiary/aromatic N) is 2. The second kappa shape index (κ2) is 7.75. The van der Waals surface area contributed by atoms with Gasteiger partial charge in [-0.15, -0.1) is 0 Å². The fourth-order valence-electron chi connectivity index (χ4n) is 3.75. The van der Waals surface area contributed by atoms with E-state index in [4.69, 9.17) is 9.47 Å². The lowest BCUT2D eigenvalue weighted by Crippen LogP contribution is -2.41. The third-order valence-corrected chi connectivity index (χ3v) is 5.37. The number of carbonyl (C=O) groups excluding carboxylic acids is 2. The predicted molar refractivity (Wildman–Crippen MR) is 112 cm³/mol. The molecular formula is C22H25N3O4. The zero-order chi connectivity index (χ0) is 20.5. The van der Waals surface area contributed by atoms with Crippen LogP contribution in [0.3, 0.4) is 0 Å². The van der Waals surface area contributed by atoms with Crippen LogP contribution in [-0.4, -0.2) is 51.3 Å². The summed E-state index contributed by atoms with van der Waals surface area (Å²) < 4.78 is 11.0. The maximum Gasteiger partial charge on any atom is 0.267 e. The Morgan fingerprint density at radius 2 is 1.86 bits per heavy atom. The van der Waals surface area contributed by atoms with Gasteiger partial charge in [0.15, 0.2) is 6.10 Å². The molecule has 4 rings (SSSR count). The number of hydrogen-bond donors (Lipinski definition) is 1. The molecule has 0 aliphatic carbocycles. The minimum Gasteiger partial charge on any atom is -0.479 e. The number of anilines is 3. The lowest BCUT2D eigenvalue weighted by atomic mass is 10.1. The highest BCUT2D eigenvalue weighted by Gasteiger charge is 2.29. The topological polar surface area (TPSA) is 71.1 Å². The average Bonchev–Trinajstić information content (AvgIpc) is 2.73. The third kappa shape index (κ3) is 3.78. The van der Waals surface area contributed by atoms with E-state index < -0.39 is 6.10 Å². The van der Waals surface area contributed by atoms with Gasteiger partial charge in [-0.3, -0.25) is 9.59 Å². The van der Waals surface area contributed by atoms with Gasteiger partial charge in [0.1, 0.15) is 5.75 Å². The lowest BCUT2D eigenvalue weighted by Gasteiger charge is -2.30. The minimum absolute atomic E-state index is 0.115. The van der Waals surface area contributed by atoms with E-state index in [1.54, 1.807) is 37.1 Å². The number of benzene rings is 2. The molecule has 152 valence electrons. The van der Waals surface area contributed by atoms with Crippen molar-refractivity contribution in [1.82, 2.24) is 0 Å². The molecule has 0 unspecified atom stereocenters. The molecule has 2 aromatic carbocycles. The number of likely N-dealkylation sites (N-methyl/N-ethyl adjacent to an activating group) is 1. The summed E-state index contributed by atoms with van der Waals surface area (Å²) in [4.78, 5) is 28.7. The SMILES string of the molecule is Cc1cc(C(=O)Nc2ccc3c(c2)N(C)C(=O)[C@H](C)O3)ccc1N1CCOCC1. The molecule has 7 heteroatoms. The molecule has 1 saturated heterocycles. The zero-order valence-corrected chi connectivity index (χ0v) is 16.9. The van der Waals surface area contributed by atoms with Crippen molar-refractivity contribution in [2.24, 2.45) is 0 Å². The number of morpholine rings is 1. The Morgan fingerprint density at radius 3 is 2.59 bits per heavy atom. The van der Waals surface area contributed by atoms with Crippen LogP contribution in [0.15, 0.2) is 36.4 Å². The summed E-state index contributed by atoms with van der Waals surface area (Å²) >= 11 is 0. The van der Waals surface area contributed by atoms with E-state index >= 15 is 0 Å². The number of rotatable bonds is 3. The van der Waals surface area contributed by atoms with Gasteiger partial charge in [0.2, 0.25) is 0 Å². The summed E-state index contributed by atoms with van der Waals surface area (Å²) in [6.07, 6.45) is -0.513. The van der Waals surface area contributed by atoms with Gasteiger partial charge in [0, 0.05) is 37.1 Å². The van der Waals surface area contributed by atoms with Gasteiger partial charge in [0.25, 0.3) is 11.8 Å². The molecule has 1 fully saturated rings. The molecule has 0 saturated carbocycles. The Morgan fingerprint density at radius 1 is 1.10 bits per heavy atom. The summed E-state index contributed by atoms with van der Waals surface area (Å²) in [5, 5.41) is 2.92. The van der Waals surface area contributed by atoms with Crippen LogP contribution in [0.25, 0.3) is 0 Å². The summed E-state index contributed by atoms with van der Waals surface area (Å²) in [6, 6.07) is 11.0. The third-order valence-electron chi connectivity index (χ3n) is 5.37. The van der Waals surface area contributed by atoms with Crippen LogP contribution in [0.1, 0.15) is 22.8 Å². The first-order valence-electron chi connectivity index (χ1n) is 9.77. The molecule has 1 atom stereocenters. The van der Waals surface area contributed by atoms with Crippen LogP contribution in [0.2, 0.25) is 0 Å². The maximum atomic E-state index is 12.8. The highest BCUT2D eigenvalue weighted by molar-refractivity contribution is 6.06. The van der Waals surface area contributed by atoms with Crippen molar-refractivity contribution in [1.29, 1.82) is 0 Å². The molecule has 7 nitrogen and oxygen atoms in total. The van der Waals surface area contributed by atoms with Gasteiger partial charge in [0.05, 0.1) is 18.9 Å². The average molecular weight is 395 g/mol. The Bertz CT molecular complexity index is 953. The second-order valence-electron chi connectivity index (χ2n) is 7.39. The number of hydrogen-bond acceptors (Lipinski definition) is 5. The van der Waals surface area contributed by atoms with Crippen molar-refractivity contribution in [3.63, 3.8) is 0 Å².